The van der Waals surface area contributed by atoms with E-state index in [-0.39, 0.29) is 17.2 Å². The number of carbonyl (C=O) groups excluding carboxylic acids is 1. The lowest BCUT2D eigenvalue weighted by molar-refractivity contribution is -0.385. The van der Waals surface area contributed by atoms with Gasteiger partial charge in [0.05, 0.1) is 17.1 Å². The molecule has 1 aromatic rings. The molecule has 0 radical (unpaired) electrons. The maximum Gasteiger partial charge on any atom is 0.346 e. The zero-order valence-electron chi connectivity index (χ0n) is 8.77. The summed E-state index contributed by atoms with van der Waals surface area (Å²) in [5.74, 6) is -0.932. The molecule has 6 nitrogen and oxygen atoms in total. The topological polar surface area (TPSA) is 93.2 Å². The normalized spacial score (nSPS) is 9.47. The third-order valence-corrected chi connectivity index (χ3v) is 2.22. The molecular weight excluding hydrogens is 248 g/mol. The highest BCUT2D eigenvalue weighted by Crippen LogP contribution is 2.31. The maximum absolute atomic E-state index is 11.6. The van der Waals surface area contributed by atoms with E-state index in [1.807, 2.05) is 0 Å². The van der Waals surface area contributed by atoms with Gasteiger partial charge in [0.1, 0.15) is 11.1 Å². The lowest BCUT2D eigenvalue weighted by Gasteiger charge is -2.05. The van der Waals surface area contributed by atoms with E-state index in [0.717, 1.165) is 0 Å². The fourth-order valence-electron chi connectivity index (χ4n) is 1.25. The summed E-state index contributed by atoms with van der Waals surface area (Å²) in [4.78, 5) is 21.6. The Morgan fingerprint density at radius 1 is 1.65 bits per heavy atom. The minimum atomic E-state index is -0.932. The zero-order chi connectivity index (χ0) is 13.0. The van der Waals surface area contributed by atoms with Crippen molar-refractivity contribution in [2.75, 3.05) is 6.61 Å². The minimum absolute atomic E-state index is 0.0490. The number of nitro benzene ring substituents is 1. The van der Waals surface area contributed by atoms with Gasteiger partial charge in [-0.2, -0.15) is 5.26 Å². The number of benzene rings is 1. The van der Waals surface area contributed by atoms with Crippen LogP contribution in [-0.4, -0.2) is 17.5 Å². The van der Waals surface area contributed by atoms with Gasteiger partial charge in [0.15, 0.2) is 5.56 Å². The van der Waals surface area contributed by atoms with Crippen molar-refractivity contribution in [3.63, 3.8) is 0 Å². The average Bonchev–Trinajstić information content (AvgIpc) is 2.28. The molecule has 0 bridgehead atoms. The van der Waals surface area contributed by atoms with Gasteiger partial charge < -0.3 is 4.74 Å². The van der Waals surface area contributed by atoms with E-state index < -0.39 is 22.1 Å². The number of ether oxygens (including phenoxy) is 1. The Morgan fingerprint density at radius 3 is 2.76 bits per heavy atom. The number of nitrogens with zero attached hydrogens (tertiary/aromatic N) is 2. The molecule has 1 rings (SSSR count). The second-order valence-corrected chi connectivity index (χ2v) is 3.32. The summed E-state index contributed by atoms with van der Waals surface area (Å²) in [6, 6.07) is 4.13. The average molecular weight is 255 g/mol. The number of rotatable bonds is 3. The van der Waals surface area contributed by atoms with Crippen LogP contribution in [0.3, 0.4) is 0 Å². The minimum Gasteiger partial charge on any atom is -0.462 e. The first-order valence-corrected chi connectivity index (χ1v) is 4.94. The van der Waals surface area contributed by atoms with Crippen LogP contribution in [0, 0.1) is 21.4 Å². The van der Waals surface area contributed by atoms with Gasteiger partial charge in [-0.05, 0) is 19.1 Å². The van der Waals surface area contributed by atoms with Gasteiger partial charge in [-0.25, -0.2) is 4.79 Å². The van der Waals surface area contributed by atoms with Crippen molar-refractivity contribution in [2.45, 2.75) is 6.92 Å². The van der Waals surface area contributed by atoms with Gasteiger partial charge in [0, 0.05) is 0 Å². The molecule has 17 heavy (non-hydrogen) atoms. The Labute approximate surface area is 102 Å². The Morgan fingerprint density at radius 2 is 2.29 bits per heavy atom. The SMILES string of the molecule is CCOC(=O)c1c(C#N)ccc(Cl)c1[N+](=O)[O-]. The summed E-state index contributed by atoms with van der Waals surface area (Å²) in [6.45, 7) is 1.60. The molecule has 0 unspecified atom stereocenters. The van der Waals surface area contributed by atoms with Crippen molar-refractivity contribution in [3.05, 3.63) is 38.4 Å². The zero-order valence-corrected chi connectivity index (χ0v) is 9.52. The summed E-state index contributed by atoms with van der Waals surface area (Å²) in [5, 5.41) is 19.4. The summed E-state index contributed by atoms with van der Waals surface area (Å²) >= 11 is 5.64. The fourth-order valence-corrected chi connectivity index (χ4v) is 1.47. The van der Waals surface area contributed by atoms with Crippen molar-refractivity contribution >= 4 is 23.3 Å². The molecule has 0 heterocycles. The third-order valence-electron chi connectivity index (χ3n) is 1.91. The molecule has 0 saturated carbocycles. The first-order chi connectivity index (χ1) is 8.02. The molecule has 0 spiro atoms. The first kappa shape index (κ1) is 12.9. The van der Waals surface area contributed by atoms with Gasteiger partial charge in [0.25, 0.3) is 0 Å². The monoisotopic (exact) mass is 254 g/mol. The van der Waals surface area contributed by atoms with E-state index in [2.05, 4.69) is 4.74 Å². The number of hydrogen-bond acceptors (Lipinski definition) is 5. The molecule has 1 aromatic carbocycles. The van der Waals surface area contributed by atoms with Crippen LogP contribution in [-0.2, 0) is 4.74 Å². The molecule has 7 heteroatoms. The highest BCUT2D eigenvalue weighted by atomic mass is 35.5. The molecular formula is C10H7ClN2O4. The largest absolute Gasteiger partial charge is 0.462 e. The van der Waals surface area contributed by atoms with E-state index in [1.165, 1.54) is 12.1 Å². The Hall–Kier alpha value is -2.13. The van der Waals surface area contributed by atoms with Crippen LogP contribution < -0.4 is 0 Å². The van der Waals surface area contributed by atoms with Crippen LogP contribution in [0.1, 0.15) is 22.8 Å². The molecule has 0 aromatic heterocycles. The second-order valence-electron chi connectivity index (χ2n) is 2.91. The summed E-state index contributed by atoms with van der Waals surface area (Å²) in [7, 11) is 0. The van der Waals surface area contributed by atoms with Crippen LogP contribution in [0.2, 0.25) is 5.02 Å². The van der Waals surface area contributed by atoms with Crippen molar-refractivity contribution in [3.8, 4) is 6.07 Å². The predicted molar refractivity (Wildman–Crippen MR) is 58.8 cm³/mol. The van der Waals surface area contributed by atoms with E-state index >= 15 is 0 Å². The highest BCUT2D eigenvalue weighted by molar-refractivity contribution is 6.33. The molecule has 0 amide bonds. The number of halogens is 1. The molecule has 88 valence electrons. The molecule has 0 fully saturated rings. The number of nitriles is 1. The van der Waals surface area contributed by atoms with Crippen LogP contribution >= 0.6 is 11.6 Å². The summed E-state index contributed by atoms with van der Waals surface area (Å²) in [5.41, 5.74) is -1.16. The first-order valence-electron chi connectivity index (χ1n) is 4.57. The van der Waals surface area contributed by atoms with E-state index in [1.54, 1.807) is 13.0 Å². The summed E-state index contributed by atoms with van der Waals surface area (Å²) < 4.78 is 4.66. The van der Waals surface area contributed by atoms with Crippen molar-refractivity contribution < 1.29 is 14.5 Å². The third kappa shape index (κ3) is 2.52. The van der Waals surface area contributed by atoms with Crippen molar-refractivity contribution in [1.82, 2.24) is 0 Å². The number of carbonyl (C=O) groups is 1. The fraction of sp³-hybridized carbons (Fsp3) is 0.200. The van der Waals surface area contributed by atoms with E-state index in [4.69, 9.17) is 16.9 Å². The van der Waals surface area contributed by atoms with Crippen LogP contribution in [0.15, 0.2) is 12.1 Å². The number of esters is 1. The molecule has 0 N–H and O–H groups in total. The Bertz CT molecular complexity index is 522. The lowest BCUT2D eigenvalue weighted by atomic mass is 10.1. The molecule has 0 atom stereocenters. The van der Waals surface area contributed by atoms with E-state index in [9.17, 15) is 14.9 Å². The second kappa shape index (κ2) is 5.27. The standard InChI is InChI=1S/C10H7ClN2O4/c1-2-17-10(14)8-6(5-12)3-4-7(11)9(8)13(15)16/h3-4H,2H2,1H3. The van der Waals surface area contributed by atoms with Crippen LogP contribution in [0.5, 0.6) is 0 Å². The number of nitro groups is 1. The molecule has 0 aliphatic rings. The lowest BCUT2D eigenvalue weighted by Crippen LogP contribution is -2.10. The Kier molecular flexibility index (Phi) is 4.01. The smallest absolute Gasteiger partial charge is 0.346 e. The van der Waals surface area contributed by atoms with Gasteiger partial charge in [-0.15, -0.1) is 0 Å². The molecule has 0 aliphatic carbocycles. The molecule has 0 saturated heterocycles. The van der Waals surface area contributed by atoms with Crippen molar-refractivity contribution in [1.29, 1.82) is 5.26 Å². The van der Waals surface area contributed by atoms with Gasteiger partial charge >= 0.3 is 11.7 Å². The Balaban J connectivity index is 3.52. The maximum atomic E-state index is 11.6. The van der Waals surface area contributed by atoms with Gasteiger partial charge in [-0.1, -0.05) is 11.6 Å². The highest BCUT2D eigenvalue weighted by Gasteiger charge is 2.28. The van der Waals surface area contributed by atoms with Crippen LogP contribution in [0.4, 0.5) is 5.69 Å². The summed E-state index contributed by atoms with van der Waals surface area (Å²) in [6.07, 6.45) is 0. The van der Waals surface area contributed by atoms with Crippen molar-refractivity contribution in [2.24, 2.45) is 0 Å². The van der Waals surface area contributed by atoms with Crippen LogP contribution in [0.25, 0.3) is 0 Å². The number of hydrogen-bond donors (Lipinski definition) is 0. The predicted octanol–water partition coefficient (Wildman–Crippen LogP) is 2.30. The van der Waals surface area contributed by atoms with E-state index in [0.29, 0.717) is 0 Å². The van der Waals surface area contributed by atoms with Gasteiger partial charge in [-0.3, -0.25) is 10.1 Å². The molecule has 0 aliphatic heterocycles. The van der Waals surface area contributed by atoms with Gasteiger partial charge in [0.2, 0.25) is 0 Å². The quantitative estimate of drug-likeness (QED) is 0.469.